The lowest BCUT2D eigenvalue weighted by Gasteiger charge is -2.17. The fraction of sp³-hybridized carbons (Fsp3) is 0.588. The SMILES string of the molecule is CCC(N)Cc1ccccc1OCCCC(C)(C)C#N. The molecule has 1 aromatic carbocycles. The zero-order chi connectivity index (χ0) is 15.0. The molecule has 110 valence electrons. The van der Waals surface area contributed by atoms with Gasteiger partial charge in [0.25, 0.3) is 0 Å². The highest BCUT2D eigenvalue weighted by atomic mass is 16.5. The monoisotopic (exact) mass is 274 g/mol. The third-order valence-corrected chi connectivity index (χ3v) is 3.49. The van der Waals surface area contributed by atoms with Gasteiger partial charge in [-0.05, 0) is 51.2 Å². The summed E-state index contributed by atoms with van der Waals surface area (Å²) in [6, 6.07) is 10.6. The Morgan fingerprint density at radius 1 is 1.35 bits per heavy atom. The zero-order valence-corrected chi connectivity index (χ0v) is 12.9. The minimum atomic E-state index is -0.270. The molecule has 1 unspecified atom stereocenters. The van der Waals surface area contributed by atoms with Crippen molar-refractivity contribution in [3.05, 3.63) is 29.8 Å². The Labute approximate surface area is 122 Å². The summed E-state index contributed by atoms with van der Waals surface area (Å²) in [5.74, 6) is 0.922. The van der Waals surface area contributed by atoms with E-state index in [0.29, 0.717) is 6.61 Å². The van der Waals surface area contributed by atoms with Crippen molar-refractivity contribution in [1.29, 1.82) is 5.26 Å². The van der Waals surface area contributed by atoms with Gasteiger partial charge in [0.1, 0.15) is 5.75 Å². The van der Waals surface area contributed by atoms with E-state index in [1.807, 2.05) is 32.0 Å². The standard InChI is InChI=1S/C17H26N2O/c1-4-15(19)12-14-8-5-6-9-16(14)20-11-7-10-17(2,3)13-18/h5-6,8-9,15H,4,7,10-12,19H2,1-3H3. The molecule has 0 amide bonds. The summed E-state index contributed by atoms with van der Waals surface area (Å²) >= 11 is 0. The molecule has 0 fully saturated rings. The summed E-state index contributed by atoms with van der Waals surface area (Å²) in [6.07, 6.45) is 3.54. The van der Waals surface area contributed by atoms with Crippen molar-refractivity contribution in [1.82, 2.24) is 0 Å². The molecule has 1 aromatic rings. The number of nitrogens with zero attached hydrogens (tertiary/aromatic N) is 1. The van der Waals surface area contributed by atoms with Crippen molar-refractivity contribution < 1.29 is 4.74 Å². The van der Waals surface area contributed by atoms with Crippen molar-refractivity contribution in [2.45, 2.75) is 52.5 Å². The molecule has 0 radical (unpaired) electrons. The Morgan fingerprint density at radius 3 is 2.70 bits per heavy atom. The Kier molecular flexibility index (Phi) is 6.54. The molecule has 0 saturated heterocycles. The number of nitrogens with two attached hydrogens (primary N) is 1. The smallest absolute Gasteiger partial charge is 0.122 e. The van der Waals surface area contributed by atoms with Crippen LogP contribution in [0.1, 0.15) is 45.6 Å². The number of nitriles is 1. The van der Waals surface area contributed by atoms with Crippen LogP contribution in [-0.4, -0.2) is 12.6 Å². The molecule has 0 aromatic heterocycles. The van der Waals surface area contributed by atoms with Crippen LogP contribution in [0, 0.1) is 16.7 Å². The van der Waals surface area contributed by atoms with E-state index in [9.17, 15) is 0 Å². The first-order chi connectivity index (χ1) is 9.48. The molecule has 20 heavy (non-hydrogen) atoms. The Balaban J connectivity index is 2.50. The van der Waals surface area contributed by atoms with Crippen LogP contribution in [0.15, 0.2) is 24.3 Å². The molecule has 1 atom stereocenters. The lowest BCUT2D eigenvalue weighted by Crippen LogP contribution is -2.21. The molecule has 0 saturated carbocycles. The van der Waals surface area contributed by atoms with Crippen LogP contribution in [0.4, 0.5) is 0 Å². The first-order valence-electron chi connectivity index (χ1n) is 7.36. The topological polar surface area (TPSA) is 59.0 Å². The van der Waals surface area contributed by atoms with Crippen LogP contribution in [0.2, 0.25) is 0 Å². The van der Waals surface area contributed by atoms with Crippen LogP contribution >= 0.6 is 0 Å². The molecule has 0 heterocycles. The minimum Gasteiger partial charge on any atom is -0.493 e. The third-order valence-electron chi connectivity index (χ3n) is 3.49. The van der Waals surface area contributed by atoms with Gasteiger partial charge in [-0.25, -0.2) is 0 Å². The molecule has 0 aliphatic rings. The lowest BCUT2D eigenvalue weighted by atomic mass is 9.90. The van der Waals surface area contributed by atoms with E-state index < -0.39 is 0 Å². The minimum absolute atomic E-state index is 0.178. The zero-order valence-electron chi connectivity index (χ0n) is 12.9. The predicted octanol–water partition coefficient (Wildman–Crippen LogP) is 3.68. The van der Waals surface area contributed by atoms with Gasteiger partial charge in [0.05, 0.1) is 18.1 Å². The summed E-state index contributed by atoms with van der Waals surface area (Å²) in [4.78, 5) is 0. The van der Waals surface area contributed by atoms with Gasteiger partial charge in [0.2, 0.25) is 0 Å². The van der Waals surface area contributed by atoms with Crippen molar-refractivity contribution in [3.8, 4) is 11.8 Å². The maximum absolute atomic E-state index is 8.98. The molecule has 3 heteroatoms. The average Bonchev–Trinajstić information content (AvgIpc) is 2.45. The van der Waals surface area contributed by atoms with Crippen LogP contribution in [0.3, 0.4) is 0 Å². The maximum Gasteiger partial charge on any atom is 0.122 e. The van der Waals surface area contributed by atoms with E-state index in [0.717, 1.165) is 31.4 Å². The summed E-state index contributed by atoms with van der Waals surface area (Å²) < 4.78 is 5.86. The summed E-state index contributed by atoms with van der Waals surface area (Å²) in [5, 5.41) is 8.98. The Hall–Kier alpha value is -1.53. The molecule has 1 rings (SSSR count). The van der Waals surface area contributed by atoms with Gasteiger partial charge in [0.15, 0.2) is 0 Å². The van der Waals surface area contributed by atoms with Crippen molar-refractivity contribution >= 4 is 0 Å². The molecule has 3 nitrogen and oxygen atoms in total. The van der Waals surface area contributed by atoms with Crippen molar-refractivity contribution in [3.63, 3.8) is 0 Å². The van der Waals surface area contributed by atoms with Crippen LogP contribution in [-0.2, 0) is 6.42 Å². The summed E-state index contributed by atoms with van der Waals surface area (Å²) in [6.45, 7) is 6.66. The molecular weight excluding hydrogens is 248 g/mol. The highest BCUT2D eigenvalue weighted by molar-refractivity contribution is 5.33. The Bertz CT molecular complexity index is 449. The number of hydrogen-bond acceptors (Lipinski definition) is 3. The van der Waals surface area contributed by atoms with E-state index >= 15 is 0 Å². The largest absolute Gasteiger partial charge is 0.493 e. The Morgan fingerprint density at radius 2 is 2.05 bits per heavy atom. The highest BCUT2D eigenvalue weighted by Gasteiger charge is 2.16. The molecular formula is C17H26N2O. The molecule has 0 bridgehead atoms. The fourth-order valence-electron chi connectivity index (χ4n) is 1.99. The van der Waals surface area contributed by atoms with E-state index in [1.54, 1.807) is 0 Å². The lowest BCUT2D eigenvalue weighted by molar-refractivity contribution is 0.281. The fourth-order valence-corrected chi connectivity index (χ4v) is 1.99. The number of para-hydroxylation sites is 1. The summed E-state index contributed by atoms with van der Waals surface area (Å²) in [5.41, 5.74) is 6.91. The van der Waals surface area contributed by atoms with E-state index in [-0.39, 0.29) is 11.5 Å². The van der Waals surface area contributed by atoms with Gasteiger partial charge in [-0.2, -0.15) is 5.26 Å². The van der Waals surface area contributed by atoms with Crippen LogP contribution in [0.5, 0.6) is 5.75 Å². The highest BCUT2D eigenvalue weighted by Crippen LogP contribution is 2.23. The summed E-state index contributed by atoms with van der Waals surface area (Å²) in [7, 11) is 0. The van der Waals surface area contributed by atoms with E-state index in [1.165, 1.54) is 5.56 Å². The quantitative estimate of drug-likeness (QED) is 0.736. The van der Waals surface area contributed by atoms with Gasteiger partial charge in [-0.1, -0.05) is 25.1 Å². The van der Waals surface area contributed by atoms with Gasteiger partial charge in [-0.3, -0.25) is 0 Å². The number of ether oxygens (including phenoxy) is 1. The van der Waals surface area contributed by atoms with E-state index in [2.05, 4.69) is 19.1 Å². The van der Waals surface area contributed by atoms with Crippen LogP contribution in [0.25, 0.3) is 0 Å². The molecule has 0 aliphatic carbocycles. The first-order valence-corrected chi connectivity index (χ1v) is 7.36. The van der Waals surface area contributed by atoms with Gasteiger partial charge in [0, 0.05) is 6.04 Å². The van der Waals surface area contributed by atoms with Crippen molar-refractivity contribution in [2.75, 3.05) is 6.61 Å². The number of hydrogen-bond donors (Lipinski definition) is 1. The van der Waals surface area contributed by atoms with Gasteiger partial charge in [-0.15, -0.1) is 0 Å². The second kappa shape index (κ2) is 7.91. The van der Waals surface area contributed by atoms with E-state index in [4.69, 9.17) is 15.7 Å². The second-order valence-corrected chi connectivity index (χ2v) is 5.93. The third kappa shape index (κ3) is 5.63. The number of rotatable bonds is 8. The van der Waals surface area contributed by atoms with Gasteiger partial charge >= 0.3 is 0 Å². The van der Waals surface area contributed by atoms with Crippen molar-refractivity contribution in [2.24, 2.45) is 11.1 Å². The normalized spacial score (nSPS) is 12.8. The second-order valence-electron chi connectivity index (χ2n) is 5.93. The molecule has 0 aliphatic heterocycles. The van der Waals surface area contributed by atoms with Gasteiger partial charge < -0.3 is 10.5 Å². The average molecular weight is 274 g/mol. The molecule has 2 N–H and O–H groups in total. The predicted molar refractivity (Wildman–Crippen MR) is 82.5 cm³/mol. The first kappa shape index (κ1) is 16.5. The molecule has 0 spiro atoms. The number of benzene rings is 1. The maximum atomic E-state index is 8.98. The van der Waals surface area contributed by atoms with Crippen LogP contribution < -0.4 is 10.5 Å².